The van der Waals surface area contributed by atoms with Crippen molar-refractivity contribution >= 4 is 21.7 Å². The summed E-state index contributed by atoms with van der Waals surface area (Å²) in [5, 5.41) is 21.3. The molecular weight excluding hydrogens is 533 g/mol. The number of carbonyl (C=O) groups is 2. The van der Waals surface area contributed by atoms with Gasteiger partial charge in [0.2, 0.25) is 12.1 Å². The zero-order valence-corrected chi connectivity index (χ0v) is 23.7. The molecule has 5 atom stereocenters. The van der Waals surface area contributed by atoms with E-state index in [1.807, 2.05) is 6.07 Å². The van der Waals surface area contributed by atoms with Crippen molar-refractivity contribution in [2.45, 2.75) is 75.1 Å². The second-order valence-electron chi connectivity index (χ2n) is 11.3. The third-order valence-corrected chi connectivity index (χ3v) is 8.79. The number of halogens is 1. The number of likely N-dealkylation sites (tertiary alicyclic amines) is 1. The third-order valence-electron chi connectivity index (χ3n) is 7.23. The fraction of sp³-hybridized carbons (Fsp3) is 0.448. The Hall–Kier alpha value is -3.96. The lowest BCUT2D eigenvalue weighted by Crippen LogP contribution is -2.55. The minimum absolute atomic E-state index is 0.0116. The zero-order chi connectivity index (χ0) is 29.2. The molecule has 0 radical (unpaired) electrons. The van der Waals surface area contributed by atoms with E-state index in [0.29, 0.717) is 22.4 Å². The number of hydrogen-bond donors (Lipinski definition) is 1. The first-order valence-electron chi connectivity index (χ1n) is 13.0. The maximum Gasteiger partial charge on any atom is 0.411 e. The Morgan fingerprint density at radius 1 is 1.20 bits per heavy atom. The van der Waals surface area contributed by atoms with Crippen molar-refractivity contribution in [2.24, 2.45) is 10.3 Å². The molecule has 1 saturated carbocycles. The molecule has 1 aliphatic heterocycles. The first-order chi connectivity index (χ1) is 18.8. The fourth-order valence-corrected chi connectivity index (χ4v) is 6.38. The average Bonchev–Trinajstić information content (AvgIpc) is 3.50. The maximum atomic E-state index is 15.2. The van der Waals surface area contributed by atoms with Crippen molar-refractivity contribution in [1.82, 2.24) is 10.2 Å². The summed E-state index contributed by atoms with van der Waals surface area (Å²) in [4.78, 5) is 28.0. The number of hydrogen-bond acceptors (Lipinski definition) is 7. The number of nitrogens with zero attached hydrogens (tertiary/aromatic N) is 4. The predicted octanol–water partition coefficient (Wildman–Crippen LogP) is 4.77. The van der Waals surface area contributed by atoms with Crippen LogP contribution in [0.3, 0.4) is 0 Å². The van der Waals surface area contributed by atoms with Gasteiger partial charge in [0, 0.05) is 23.6 Å². The average molecular weight is 566 g/mol. The molecule has 0 spiro atoms. The number of piperidine rings is 1. The standard InChI is InChI=1S/C29H32FN5O4S/c1-29(2,3)39-28(37)35-23-11-10-21(13-23)26(35)27(36)34-22(16-31)12-20-9-8-19(15-25(20)30)18-6-5-7-24(14-18)40(4,38)33-17-32/h5-9,14-15,21-23,26H,10-13H2,1-4H3,(H,34,36)/t21-,22-,23+,26-,40?/m0/s1. The molecule has 1 saturated heterocycles. The summed E-state index contributed by atoms with van der Waals surface area (Å²) in [6.07, 6.45) is 4.65. The molecule has 2 amide bonds. The molecule has 2 aromatic carbocycles. The smallest absolute Gasteiger partial charge is 0.411 e. The minimum atomic E-state index is -2.91. The Kier molecular flexibility index (Phi) is 8.18. The Balaban J connectivity index is 1.48. The highest BCUT2D eigenvalue weighted by Crippen LogP contribution is 2.43. The largest absolute Gasteiger partial charge is 0.444 e. The van der Waals surface area contributed by atoms with Crippen LogP contribution in [0.5, 0.6) is 0 Å². The number of carbonyl (C=O) groups excluding carboxylic acids is 2. The first kappa shape index (κ1) is 29.0. The van der Waals surface area contributed by atoms with Crippen LogP contribution in [0.15, 0.2) is 51.7 Å². The van der Waals surface area contributed by atoms with E-state index in [9.17, 15) is 19.1 Å². The van der Waals surface area contributed by atoms with Gasteiger partial charge >= 0.3 is 6.09 Å². The molecule has 2 aliphatic rings. The highest BCUT2D eigenvalue weighted by molar-refractivity contribution is 7.93. The van der Waals surface area contributed by atoms with Crippen molar-refractivity contribution in [1.29, 1.82) is 10.5 Å². The lowest BCUT2D eigenvalue weighted by Gasteiger charge is -2.35. The molecule has 0 aromatic heterocycles. The molecule has 2 fully saturated rings. The van der Waals surface area contributed by atoms with Crippen molar-refractivity contribution in [3.8, 4) is 23.4 Å². The van der Waals surface area contributed by atoms with Crippen LogP contribution in [-0.2, 0) is 25.7 Å². The molecule has 1 heterocycles. The second-order valence-corrected chi connectivity index (χ2v) is 13.5. The van der Waals surface area contributed by atoms with Crippen LogP contribution in [0, 0.1) is 34.5 Å². The van der Waals surface area contributed by atoms with E-state index in [4.69, 9.17) is 10.00 Å². The number of ether oxygens (including phenoxy) is 1. The summed E-state index contributed by atoms with van der Waals surface area (Å²) in [5.74, 6) is -1.02. The quantitative estimate of drug-likeness (QED) is 0.501. The summed E-state index contributed by atoms with van der Waals surface area (Å²) < 4.78 is 36.8. The SMILES string of the molecule is CC(C)(C)OC(=O)N1[C@@H]2CC[C@@H](C2)[C@H]1C(=O)N[C@H](C#N)Cc1ccc(-c2cccc(S(C)(=O)=NC#N)c2)cc1F. The Morgan fingerprint density at radius 2 is 1.93 bits per heavy atom. The van der Waals surface area contributed by atoms with Crippen LogP contribution >= 0.6 is 0 Å². The summed E-state index contributed by atoms with van der Waals surface area (Å²) in [7, 11) is -2.91. The molecule has 11 heteroatoms. The zero-order valence-electron chi connectivity index (χ0n) is 22.9. The van der Waals surface area contributed by atoms with Crippen molar-refractivity contribution in [3.63, 3.8) is 0 Å². The number of benzene rings is 2. The molecule has 1 unspecified atom stereocenters. The van der Waals surface area contributed by atoms with Crippen LogP contribution in [0.2, 0.25) is 0 Å². The number of fused-ring (bicyclic) bond motifs is 2. The van der Waals surface area contributed by atoms with Crippen molar-refractivity contribution < 1.29 is 22.9 Å². The van der Waals surface area contributed by atoms with Crippen molar-refractivity contribution in [2.75, 3.05) is 6.26 Å². The van der Waals surface area contributed by atoms with Crippen LogP contribution in [0.25, 0.3) is 11.1 Å². The van der Waals surface area contributed by atoms with Gasteiger partial charge in [0.05, 0.1) is 15.8 Å². The summed E-state index contributed by atoms with van der Waals surface area (Å²) >= 11 is 0. The molecule has 210 valence electrons. The van der Waals surface area contributed by atoms with Gasteiger partial charge in [-0.25, -0.2) is 13.4 Å². The Labute approximate surface area is 234 Å². The van der Waals surface area contributed by atoms with Gasteiger partial charge in [-0.15, -0.1) is 4.36 Å². The molecule has 4 rings (SSSR count). The van der Waals surface area contributed by atoms with Gasteiger partial charge in [-0.2, -0.15) is 10.5 Å². The lowest BCUT2D eigenvalue weighted by atomic mass is 9.97. The van der Waals surface area contributed by atoms with E-state index in [1.54, 1.807) is 63.4 Å². The van der Waals surface area contributed by atoms with Gasteiger partial charge in [-0.05, 0) is 80.8 Å². The Bertz CT molecular complexity index is 1530. The molecule has 2 aromatic rings. The van der Waals surface area contributed by atoms with Gasteiger partial charge in [0.1, 0.15) is 23.5 Å². The van der Waals surface area contributed by atoms with Gasteiger partial charge in [-0.3, -0.25) is 9.69 Å². The summed E-state index contributed by atoms with van der Waals surface area (Å²) in [6.45, 7) is 5.30. The summed E-state index contributed by atoms with van der Waals surface area (Å²) in [6, 6.07) is 11.3. The highest BCUT2D eigenvalue weighted by Gasteiger charge is 2.52. The summed E-state index contributed by atoms with van der Waals surface area (Å²) in [5.41, 5.74) is 0.640. The van der Waals surface area contributed by atoms with Gasteiger partial charge in [0.15, 0.2) is 0 Å². The first-order valence-corrected chi connectivity index (χ1v) is 15.0. The molecule has 1 N–H and O–H groups in total. The normalized spacial score (nSPS) is 22.0. The molecule has 9 nitrogen and oxygen atoms in total. The van der Waals surface area contributed by atoms with Crippen LogP contribution in [0.1, 0.15) is 45.6 Å². The maximum absolute atomic E-state index is 15.2. The Morgan fingerprint density at radius 3 is 2.58 bits per heavy atom. The monoisotopic (exact) mass is 565 g/mol. The fourth-order valence-electron chi connectivity index (χ4n) is 5.44. The van der Waals surface area contributed by atoms with Crippen LogP contribution < -0.4 is 5.32 Å². The molecule has 1 aliphatic carbocycles. The second kappa shape index (κ2) is 11.3. The number of nitriles is 2. The molecular formula is C29H32FN5O4S. The van der Waals surface area contributed by atoms with E-state index in [2.05, 4.69) is 9.68 Å². The van der Waals surface area contributed by atoms with Crippen molar-refractivity contribution in [3.05, 3.63) is 53.8 Å². The van der Waals surface area contributed by atoms with E-state index in [1.165, 1.54) is 17.2 Å². The van der Waals surface area contributed by atoms with Crippen LogP contribution in [-0.4, -0.2) is 51.1 Å². The van der Waals surface area contributed by atoms with E-state index >= 15 is 4.39 Å². The number of amides is 2. The highest BCUT2D eigenvalue weighted by atomic mass is 32.2. The van der Waals surface area contributed by atoms with E-state index in [-0.39, 0.29) is 23.9 Å². The van der Waals surface area contributed by atoms with E-state index in [0.717, 1.165) is 12.8 Å². The number of rotatable bonds is 6. The third kappa shape index (κ3) is 6.26. The lowest BCUT2D eigenvalue weighted by molar-refractivity contribution is -0.128. The van der Waals surface area contributed by atoms with Crippen LogP contribution in [0.4, 0.5) is 9.18 Å². The van der Waals surface area contributed by atoms with Gasteiger partial charge in [0.25, 0.3) is 0 Å². The van der Waals surface area contributed by atoms with E-state index < -0.39 is 45.2 Å². The van der Waals surface area contributed by atoms with Gasteiger partial charge < -0.3 is 10.1 Å². The molecule has 40 heavy (non-hydrogen) atoms. The van der Waals surface area contributed by atoms with Gasteiger partial charge in [-0.1, -0.05) is 24.3 Å². The minimum Gasteiger partial charge on any atom is -0.444 e. The topological polar surface area (TPSA) is 136 Å². The number of nitrogens with one attached hydrogen (secondary N) is 1. The molecule has 2 bridgehead atoms. The predicted molar refractivity (Wildman–Crippen MR) is 146 cm³/mol.